The molecule has 21 heavy (non-hydrogen) atoms. The van der Waals surface area contributed by atoms with Crippen molar-refractivity contribution in [3.8, 4) is 5.75 Å². The molecule has 0 radical (unpaired) electrons. The first kappa shape index (κ1) is 15.6. The molecule has 5 nitrogen and oxygen atoms in total. The van der Waals surface area contributed by atoms with Gasteiger partial charge in [-0.25, -0.2) is 9.18 Å². The van der Waals surface area contributed by atoms with E-state index in [9.17, 15) is 14.3 Å². The normalized spacial score (nSPS) is 15.4. The lowest BCUT2D eigenvalue weighted by atomic mass is 10.2. The molecule has 1 saturated carbocycles. The molecule has 1 fully saturated rings. The van der Waals surface area contributed by atoms with Gasteiger partial charge >= 0.3 is 6.03 Å². The predicted octanol–water partition coefficient (Wildman–Crippen LogP) is 2.27. The number of aliphatic hydroxyl groups is 1. The summed E-state index contributed by atoms with van der Waals surface area (Å²) in [5, 5.41) is 12.6. The number of anilines is 1. The first-order chi connectivity index (χ1) is 10.1. The molecule has 0 spiro atoms. The topological polar surface area (TPSA) is 61.8 Å². The third kappa shape index (κ3) is 4.90. The van der Waals surface area contributed by atoms with Crippen LogP contribution in [0.5, 0.6) is 5.75 Å². The lowest BCUT2D eigenvalue weighted by Gasteiger charge is -2.21. The number of likely N-dealkylation sites (N-methyl/N-ethyl adjacent to an activating group) is 1. The van der Waals surface area contributed by atoms with Crippen LogP contribution < -0.4 is 10.1 Å². The van der Waals surface area contributed by atoms with Crippen LogP contribution in [0.15, 0.2) is 24.3 Å². The minimum Gasteiger partial charge on any atom is -0.491 e. The molecule has 6 heteroatoms. The summed E-state index contributed by atoms with van der Waals surface area (Å²) in [6.45, 7) is -0.252. The largest absolute Gasteiger partial charge is 0.491 e. The highest BCUT2D eigenvalue weighted by molar-refractivity contribution is 5.89. The van der Waals surface area contributed by atoms with Gasteiger partial charge in [0.1, 0.15) is 19.0 Å². The predicted molar refractivity (Wildman–Crippen MR) is 78.3 cm³/mol. The molecule has 0 saturated heterocycles. The SMILES string of the molecule is CN(CC(O)C1CC1)C(=O)Nc1cccc(OCCF)c1. The Morgan fingerprint density at radius 3 is 3.00 bits per heavy atom. The first-order valence-corrected chi connectivity index (χ1v) is 7.09. The number of nitrogens with zero attached hydrogens (tertiary/aromatic N) is 1. The maximum absolute atomic E-state index is 12.1. The molecule has 1 aliphatic rings. The fourth-order valence-corrected chi connectivity index (χ4v) is 2.03. The lowest BCUT2D eigenvalue weighted by molar-refractivity contribution is 0.117. The number of halogens is 1. The van der Waals surface area contributed by atoms with Crippen LogP contribution in [0, 0.1) is 5.92 Å². The molecule has 1 atom stereocenters. The van der Waals surface area contributed by atoms with Crippen molar-refractivity contribution in [2.24, 2.45) is 5.92 Å². The summed E-state index contributed by atoms with van der Waals surface area (Å²) < 4.78 is 17.2. The Morgan fingerprint density at radius 2 is 2.33 bits per heavy atom. The van der Waals surface area contributed by atoms with E-state index >= 15 is 0 Å². The number of urea groups is 1. The van der Waals surface area contributed by atoms with Gasteiger partial charge in [-0.2, -0.15) is 0 Å². The third-order valence-corrected chi connectivity index (χ3v) is 3.40. The second kappa shape index (κ2) is 7.26. The molecule has 0 heterocycles. The van der Waals surface area contributed by atoms with Crippen LogP contribution >= 0.6 is 0 Å². The van der Waals surface area contributed by atoms with Crippen molar-refractivity contribution >= 4 is 11.7 Å². The highest BCUT2D eigenvalue weighted by Gasteiger charge is 2.31. The molecule has 1 unspecified atom stereocenters. The number of carbonyl (C=O) groups excluding carboxylic acids is 1. The minimum atomic E-state index is -0.557. The number of aliphatic hydroxyl groups excluding tert-OH is 1. The summed E-state index contributed by atoms with van der Waals surface area (Å²) in [6.07, 6.45) is 1.61. The molecule has 2 amide bonds. The van der Waals surface area contributed by atoms with E-state index in [0.717, 1.165) is 12.8 Å². The maximum Gasteiger partial charge on any atom is 0.321 e. The van der Waals surface area contributed by atoms with Crippen molar-refractivity contribution in [3.63, 3.8) is 0 Å². The Morgan fingerprint density at radius 1 is 1.57 bits per heavy atom. The van der Waals surface area contributed by atoms with Crippen LogP contribution in [0.1, 0.15) is 12.8 Å². The van der Waals surface area contributed by atoms with Gasteiger partial charge in [0.05, 0.1) is 6.10 Å². The number of hydrogen-bond donors (Lipinski definition) is 2. The molecule has 2 rings (SSSR count). The van der Waals surface area contributed by atoms with Gasteiger partial charge < -0.3 is 20.1 Å². The Bertz CT molecular complexity index is 480. The second-order valence-electron chi connectivity index (χ2n) is 5.28. The number of hydrogen-bond acceptors (Lipinski definition) is 3. The highest BCUT2D eigenvalue weighted by Crippen LogP contribution is 2.32. The lowest BCUT2D eigenvalue weighted by Crippen LogP contribution is -2.37. The van der Waals surface area contributed by atoms with Gasteiger partial charge in [0.25, 0.3) is 0 Å². The van der Waals surface area contributed by atoms with E-state index in [1.54, 1.807) is 31.3 Å². The van der Waals surface area contributed by atoms with E-state index in [0.29, 0.717) is 23.9 Å². The van der Waals surface area contributed by atoms with Crippen LogP contribution in [-0.4, -0.2) is 49.0 Å². The number of benzene rings is 1. The molecule has 0 bridgehead atoms. The fourth-order valence-electron chi connectivity index (χ4n) is 2.03. The van der Waals surface area contributed by atoms with E-state index in [4.69, 9.17) is 4.74 Å². The summed E-state index contributed by atoms with van der Waals surface area (Å²) in [5.41, 5.74) is 0.573. The van der Waals surface area contributed by atoms with E-state index in [1.165, 1.54) is 4.90 Å². The van der Waals surface area contributed by atoms with Crippen molar-refractivity contribution in [1.29, 1.82) is 0 Å². The molecular formula is C15H21FN2O3. The Hall–Kier alpha value is -1.82. The zero-order chi connectivity index (χ0) is 15.2. The van der Waals surface area contributed by atoms with Crippen LogP contribution in [0.2, 0.25) is 0 Å². The average molecular weight is 296 g/mol. The fraction of sp³-hybridized carbons (Fsp3) is 0.533. The van der Waals surface area contributed by atoms with Crippen molar-refractivity contribution < 1.29 is 19.0 Å². The third-order valence-electron chi connectivity index (χ3n) is 3.40. The van der Waals surface area contributed by atoms with Crippen molar-refractivity contribution in [2.45, 2.75) is 18.9 Å². The van der Waals surface area contributed by atoms with Gasteiger partial charge in [-0.05, 0) is 30.9 Å². The quantitative estimate of drug-likeness (QED) is 0.811. The monoisotopic (exact) mass is 296 g/mol. The Balaban J connectivity index is 1.85. The molecule has 0 aromatic heterocycles. The first-order valence-electron chi connectivity index (χ1n) is 7.09. The average Bonchev–Trinajstić information content (AvgIpc) is 3.30. The van der Waals surface area contributed by atoms with Crippen LogP contribution in [0.3, 0.4) is 0 Å². The number of rotatable bonds is 7. The van der Waals surface area contributed by atoms with E-state index in [2.05, 4.69) is 5.32 Å². The summed E-state index contributed by atoms with van der Waals surface area (Å²) in [6, 6.07) is 6.50. The van der Waals surface area contributed by atoms with Gasteiger partial charge in [-0.1, -0.05) is 6.07 Å². The Labute approximate surface area is 123 Å². The molecule has 1 aliphatic carbocycles. The maximum atomic E-state index is 12.1. The van der Waals surface area contributed by atoms with E-state index < -0.39 is 12.8 Å². The summed E-state index contributed by atoms with van der Waals surface area (Å²) in [5.74, 6) is 0.837. The molecule has 2 N–H and O–H groups in total. The smallest absolute Gasteiger partial charge is 0.321 e. The van der Waals surface area contributed by atoms with Gasteiger partial charge in [0.15, 0.2) is 0 Å². The van der Waals surface area contributed by atoms with Crippen molar-refractivity contribution in [3.05, 3.63) is 24.3 Å². The molecule has 0 aliphatic heterocycles. The van der Waals surface area contributed by atoms with E-state index in [-0.39, 0.29) is 12.6 Å². The van der Waals surface area contributed by atoms with Gasteiger partial charge in [0, 0.05) is 25.3 Å². The van der Waals surface area contributed by atoms with E-state index in [1.807, 2.05) is 0 Å². The van der Waals surface area contributed by atoms with Gasteiger partial charge in [-0.3, -0.25) is 0 Å². The molecule has 1 aromatic rings. The summed E-state index contributed by atoms with van der Waals surface area (Å²) in [7, 11) is 1.64. The van der Waals surface area contributed by atoms with Crippen molar-refractivity contribution in [2.75, 3.05) is 32.2 Å². The number of carbonyl (C=O) groups is 1. The molecule has 116 valence electrons. The van der Waals surface area contributed by atoms with Gasteiger partial charge in [-0.15, -0.1) is 0 Å². The second-order valence-corrected chi connectivity index (χ2v) is 5.28. The van der Waals surface area contributed by atoms with Crippen LogP contribution in [0.4, 0.5) is 14.9 Å². The molecule has 1 aromatic carbocycles. The summed E-state index contributed by atoms with van der Waals surface area (Å²) >= 11 is 0. The van der Waals surface area contributed by atoms with Crippen LogP contribution in [0.25, 0.3) is 0 Å². The Kier molecular flexibility index (Phi) is 5.38. The summed E-state index contributed by atoms with van der Waals surface area (Å²) in [4.78, 5) is 13.5. The number of ether oxygens (including phenoxy) is 1. The van der Waals surface area contributed by atoms with Crippen LogP contribution in [-0.2, 0) is 0 Å². The number of alkyl halides is 1. The zero-order valence-corrected chi connectivity index (χ0v) is 12.1. The minimum absolute atomic E-state index is 0.00904. The van der Waals surface area contributed by atoms with Crippen molar-refractivity contribution in [1.82, 2.24) is 4.90 Å². The number of amides is 2. The highest BCUT2D eigenvalue weighted by atomic mass is 19.1. The standard InChI is InChI=1S/C15H21FN2O3/c1-18(10-14(19)11-5-6-11)15(20)17-12-3-2-4-13(9-12)21-8-7-16/h2-4,9,11,14,19H,5-8,10H2,1H3,(H,17,20). The van der Waals surface area contributed by atoms with Gasteiger partial charge in [0.2, 0.25) is 0 Å². The molecular weight excluding hydrogens is 275 g/mol. The number of nitrogens with one attached hydrogen (secondary N) is 1. The zero-order valence-electron chi connectivity index (χ0n) is 12.1.